The van der Waals surface area contributed by atoms with Crippen molar-refractivity contribution in [3.8, 4) is 11.3 Å². The van der Waals surface area contributed by atoms with E-state index in [1.807, 2.05) is 54.6 Å². The summed E-state index contributed by atoms with van der Waals surface area (Å²) in [5, 5.41) is 7.11. The first kappa shape index (κ1) is 20.0. The molecule has 7 nitrogen and oxygen atoms in total. The van der Waals surface area contributed by atoms with Crippen LogP contribution in [-0.4, -0.2) is 31.8 Å². The fourth-order valence-corrected chi connectivity index (χ4v) is 4.69. The molecule has 9 heteroatoms. The van der Waals surface area contributed by atoms with Crippen molar-refractivity contribution < 1.29 is 22.7 Å². The lowest BCUT2D eigenvalue weighted by atomic mass is 10.0. The van der Waals surface area contributed by atoms with Gasteiger partial charge in [-0.15, -0.1) is 11.3 Å². The number of H-pyrrole nitrogens is 1. The lowest BCUT2D eigenvalue weighted by Crippen LogP contribution is -2.14. The van der Waals surface area contributed by atoms with Gasteiger partial charge in [0.2, 0.25) is 15.8 Å². The van der Waals surface area contributed by atoms with Gasteiger partial charge >= 0.3 is 5.97 Å². The Morgan fingerprint density at radius 1 is 1.03 bits per heavy atom. The van der Waals surface area contributed by atoms with E-state index < -0.39 is 22.6 Å². The minimum absolute atomic E-state index is 0.0269. The van der Waals surface area contributed by atoms with Crippen LogP contribution in [0, 0.1) is 0 Å². The highest BCUT2D eigenvalue weighted by Crippen LogP contribution is 2.30. The van der Waals surface area contributed by atoms with Gasteiger partial charge in [0, 0.05) is 16.3 Å². The number of aromatic nitrogens is 1. The summed E-state index contributed by atoms with van der Waals surface area (Å²) in [6.07, 6.45) is 0. The molecular formula is C21H16N2O5S2. The molecule has 0 spiro atoms. The zero-order chi connectivity index (χ0) is 21.3. The maximum Gasteiger partial charge on any atom is 0.339 e. The number of ketones is 1. The Hall–Kier alpha value is -3.27. The van der Waals surface area contributed by atoms with Crippen molar-refractivity contribution in [1.29, 1.82) is 0 Å². The maximum atomic E-state index is 13.0. The Morgan fingerprint density at radius 2 is 1.73 bits per heavy atom. The second-order valence-electron chi connectivity index (χ2n) is 6.49. The zero-order valence-corrected chi connectivity index (χ0v) is 17.1. The molecule has 0 saturated carbocycles. The highest BCUT2D eigenvalue weighted by Gasteiger charge is 2.22. The largest absolute Gasteiger partial charge is 0.454 e. The Morgan fingerprint density at radius 3 is 2.43 bits per heavy atom. The first-order chi connectivity index (χ1) is 14.3. The number of primary sulfonamides is 1. The summed E-state index contributed by atoms with van der Waals surface area (Å²) < 4.78 is 27.7. The van der Waals surface area contributed by atoms with E-state index in [0.717, 1.165) is 33.9 Å². The third kappa shape index (κ3) is 3.90. The molecular weight excluding hydrogens is 424 g/mol. The van der Waals surface area contributed by atoms with Gasteiger partial charge in [0.05, 0.1) is 16.8 Å². The van der Waals surface area contributed by atoms with Crippen LogP contribution in [-0.2, 0) is 14.8 Å². The maximum absolute atomic E-state index is 13.0. The number of ether oxygens (including phenoxy) is 1. The minimum atomic E-state index is -3.90. The zero-order valence-electron chi connectivity index (χ0n) is 15.5. The molecule has 0 saturated heterocycles. The average molecular weight is 441 g/mol. The second kappa shape index (κ2) is 7.86. The fourth-order valence-electron chi connectivity index (χ4n) is 3.11. The van der Waals surface area contributed by atoms with Crippen LogP contribution < -0.4 is 5.14 Å². The first-order valence-corrected chi connectivity index (χ1v) is 11.2. The second-order valence-corrected chi connectivity index (χ2v) is 9.18. The molecule has 2 heterocycles. The van der Waals surface area contributed by atoms with E-state index in [4.69, 9.17) is 9.88 Å². The lowest BCUT2D eigenvalue weighted by molar-refractivity contribution is 0.0475. The smallest absolute Gasteiger partial charge is 0.339 e. The number of carbonyl (C=O) groups excluding carboxylic acids is 2. The van der Waals surface area contributed by atoms with Gasteiger partial charge in [-0.2, -0.15) is 0 Å². The third-order valence-electron chi connectivity index (χ3n) is 4.47. The molecule has 3 N–H and O–H groups in total. The molecule has 152 valence electrons. The van der Waals surface area contributed by atoms with Crippen molar-refractivity contribution in [1.82, 2.24) is 4.98 Å². The summed E-state index contributed by atoms with van der Waals surface area (Å²) in [5.41, 5.74) is 2.73. The number of carbonyl (C=O) groups is 2. The monoisotopic (exact) mass is 440 g/mol. The summed E-state index contributed by atoms with van der Waals surface area (Å²) in [5.74, 6) is -1.17. The van der Waals surface area contributed by atoms with E-state index >= 15 is 0 Å². The van der Waals surface area contributed by atoms with E-state index in [1.165, 1.54) is 5.38 Å². The van der Waals surface area contributed by atoms with Crippen LogP contribution in [0.5, 0.6) is 0 Å². The highest BCUT2D eigenvalue weighted by atomic mass is 32.2. The topological polar surface area (TPSA) is 119 Å². The molecule has 0 amide bonds. The Bertz CT molecular complexity index is 1350. The number of nitrogens with one attached hydrogen (secondary N) is 1. The van der Waals surface area contributed by atoms with Gasteiger partial charge in [-0.1, -0.05) is 48.5 Å². The molecule has 0 unspecified atom stereocenters. The van der Waals surface area contributed by atoms with Gasteiger partial charge in [-0.05, 0) is 17.7 Å². The summed E-state index contributed by atoms with van der Waals surface area (Å²) in [7, 11) is -3.90. The van der Waals surface area contributed by atoms with E-state index in [-0.39, 0.29) is 15.6 Å². The van der Waals surface area contributed by atoms with Crippen molar-refractivity contribution in [2.45, 2.75) is 4.21 Å². The third-order valence-corrected chi connectivity index (χ3v) is 6.86. The van der Waals surface area contributed by atoms with Gasteiger partial charge in [-0.3, -0.25) is 4.79 Å². The van der Waals surface area contributed by atoms with Crippen LogP contribution in [0.2, 0.25) is 0 Å². The van der Waals surface area contributed by atoms with E-state index in [9.17, 15) is 18.0 Å². The Balaban J connectivity index is 1.61. The van der Waals surface area contributed by atoms with Gasteiger partial charge in [0.15, 0.2) is 6.61 Å². The predicted molar refractivity (Wildman–Crippen MR) is 114 cm³/mol. The quantitative estimate of drug-likeness (QED) is 0.351. The summed E-state index contributed by atoms with van der Waals surface area (Å²) in [6.45, 7) is -0.485. The number of esters is 1. The number of fused-ring (bicyclic) bond motifs is 1. The number of thiophene rings is 1. The average Bonchev–Trinajstić information content (AvgIpc) is 3.37. The Labute approximate surface area is 176 Å². The number of rotatable bonds is 6. The first-order valence-electron chi connectivity index (χ1n) is 8.82. The van der Waals surface area contributed by atoms with Crippen LogP contribution in [0.25, 0.3) is 22.2 Å². The van der Waals surface area contributed by atoms with Crippen molar-refractivity contribution in [2.75, 3.05) is 6.61 Å². The number of para-hydroxylation sites is 1. The van der Waals surface area contributed by atoms with Crippen LogP contribution >= 0.6 is 11.3 Å². The van der Waals surface area contributed by atoms with Crippen molar-refractivity contribution >= 4 is 44.0 Å². The van der Waals surface area contributed by atoms with Gasteiger partial charge in [-0.25, -0.2) is 18.4 Å². The van der Waals surface area contributed by atoms with Gasteiger partial charge in [0.25, 0.3) is 0 Å². The number of nitrogens with two attached hydrogens (primary N) is 1. The van der Waals surface area contributed by atoms with Crippen LogP contribution in [0.3, 0.4) is 0 Å². The van der Waals surface area contributed by atoms with Crippen molar-refractivity contribution in [3.63, 3.8) is 0 Å². The van der Waals surface area contributed by atoms with E-state index in [0.29, 0.717) is 11.3 Å². The molecule has 0 aliphatic carbocycles. The molecule has 2 aromatic heterocycles. The van der Waals surface area contributed by atoms with Gasteiger partial charge in [0.1, 0.15) is 4.21 Å². The summed E-state index contributed by atoms with van der Waals surface area (Å²) in [4.78, 5) is 28.5. The molecule has 0 bridgehead atoms. The molecule has 2 aromatic carbocycles. The van der Waals surface area contributed by atoms with Crippen molar-refractivity contribution in [3.05, 3.63) is 77.2 Å². The highest BCUT2D eigenvalue weighted by molar-refractivity contribution is 7.91. The number of hydrogen-bond acceptors (Lipinski definition) is 6. The standard InChI is InChI=1S/C21H16N2O5S2/c22-30(26,27)18-10-14(12-29-18)21(25)28-11-17(24)19-15-8-4-5-9-16(15)23-20(19)13-6-2-1-3-7-13/h1-10,12,23H,11H2,(H2,22,26,27). The lowest BCUT2D eigenvalue weighted by Gasteiger charge is -2.06. The fraction of sp³-hybridized carbons (Fsp3) is 0.0476. The molecule has 4 rings (SSSR count). The number of Topliss-reactive ketones (excluding diaryl/α,β-unsaturated/α-hetero) is 1. The van der Waals surface area contributed by atoms with Crippen LogP contribution in [0.15, 0.2) is 70.3 Å². The Kier molecular flexibility index (Phi) is 5.25. The molecule has 0 aliphatic rings. The predicted octanol–water partition coefficient (Wildman–Crippen LogP) is 3.58. The van der Waals surface area contributed by atoms with E-state index in [1.54, 1.807) is 0 Å². The van der Waals surface area contributed by atoms with Gasteiger partial charge < -0.3 is 9.72 Å². The van der Waals surface area contributed by atoms with Crippen molar-refractivity contribution in [2.24, 2.45) is 5.14 Å². The van der Waals surface area contributed by atoms with Crippen LogP contribution in [0.4, 0.5) is 0 Å². The molecule has 0 radical (unpaired) electrons. The molecule has 0 fully saturated rings. The minimum Gasteiger partial charge on any atom is -0.454 e. The van der Waals surface area contributed by atoms with Crippen LogP contribution in [0.1, 0.15) is 20.7 Å². The summed E-state index contributed by atoms with van der Waals surface area (Å²) >= 11 is 0.815. The number of aromatic amines is 1. The number of sulfonamides is 1. The summed E-state index contributed by atoms with van der Waals surface area (Å²) in [6, 6.07) is 17.9. The normalized spacial score (nSPS) is 11.5. The molecule has 0 aliphatic heterocycles. The number of benzene rings is 2. The molecule has 0 atom stereocenters. The molecule has 30 heavy (non-hydrogen) atoms. The molecule has 4 aromatic rings. The SMILES string of the molecule is NS(=O)(=O)c1cc(C(=O)OCC(=O)c2c(-c3ccccc3)[nH]c3ccccc23)cs1. The number of hydrogen-bond donors (Lipinski definition) is 2. The van der Waals surface area contributed by atoms with E-state index in [2.05, 4.69) is 4.98 Å².